The van der Waals surface area contributed by atoms with Gasteiger partial charge in [0.05, 0.1) is 18.2 Å². The zero-order valence-corrected chi connectivity index (χ0v) is 13.4. The molecule has 0 N–H and O–H groups in total. The van der Waals surface area contributed by atoms with Gasteiger partial charge in [0, 0.05) is 31.0 Å². The Hall–Kier alpha value is -2.11. The van der Waals surface area contributed by atoms with Crippen LogP contribution in [0.1, 0.15) is 48.6 Å². The first-order valence-corrected chi connectivity index (χ1v) is 7.84. The van der Waals surface area contributed by atoms with E-state index in [4.69, 9.17) is 4.52 Å². The van der Waals surface area contributed by atoms with Crippen molar-refractivity contribution in [1.29, 1.82) is 0 Å². The number of rotatable bonds is 3. The van der Waals surface area contributed by atoms with Gasteiger partial charge in [-0.2, -0.15) is 0 Å². The fraction of sp³-hybridized carbons (Fsp3) is 0.562. The lowest BCUT2D eigenvalue weighted by atomic mass is 10.1. The third kappa shape index (κ3) is 2.53. The molecule has 0 aromatic carbocycles. The molecule has 0 saturated carbocycles. The van der Waals surface area contributed by atoms with Crippen molar-refractivity contribution in [2.75, 3.05) is 6.54 Å². The molecule has 2 aromatic rings. The maximum absolute atomic E-state index is 12.8. The summed E-state index contributed by atoms with van der Waals surface area (Å²) in [4.78, 5) is 19.3. The zero-order chi connectivity index (χ0) is 15.7. The molecule has 1 amide bonds. The first-order chi connectivity index (χ1) is 10.6. The van der Waals surface area contributed by atoms with E-state index in [0.717, 1.165) is 48.8 Å². The highest BCUT2D eigenvalue weighted by atomic mass is 16.5. The average molecular weight is 302 g/mol. The molecule has 0 saturated heterocycles. The van der Waals surface area contributed by atoms with Gasteiger partial charge < -0.3 is 14.0 Å². The summed E-state index contributed by atoms with van der Waals surface area (Å²) in [7, 11) is 0. The Labute approximate surface area is 130 Å². The monoisotopic (exact) mass is 302 g/mol. The van der Waals surface area contributed by atoms with Gasteiger partial charge in [0.25, 0.3) is 0 Å². The second-order valence-electron chi connectivity index (χ2n) is 5.82. The topological polar surface area (TPSA) is 64.2 Å². The van der Waals surface area contributed by atoms with Crippen molar-refractivity contribution < 1.29 is 9.32 Å². The molecule has 22 heavy (non-hydrogen) atoms. The maximum atomic E-state index is 12.8. The molecule has 1 unspecified atom stereocenters. The summed E-state index contributed by atoms with van der Waals surface area (Å²) in [5.41, 5.74) is 1.71. The van der Waals surface area contributed by atoms with Crippen LogP contribution in [-0.2, 0) is 17.8 Å². The summed E-state index contributed by atoms with van der Waals surface area (Å²) in [5.74, 6) is 1.85. The van der Waals surface area contributed by atoms with Crippen LogP contribution in [-0.4, -0.2) is 32.1 Å². The van der Waals surface area contributed by atoms with Crippen molar-refractivity contribution in [3.8, 4) is 0 Å². The van der Waals surface area contributed by atoms with Crippen LogP contribution in [0.25, 0.3) is 0 Å². The maximum Gasteiger partial charge on any atom is 0.227 e. The number of aromatic nitrogens is 3. The molecule has 0 radical (unpaired) electrons. The Morgan fingerprint density at radius 3 is 2.91 bits per heavy atom. The SMILES string of the molecule is CCC1c2nccn2CCCN1C(=O)Cc1c(C)noc1C. The van der Waals surface area contributed by atoms with Gasteiger partial charge in [-0.15, -0.1) is 0 Å². The highest BCUT2D eigenvalue weighted by molar-refractivity contribution is 5.79. The largest absolute Gasteiger partial charge is 0.361 e. The number of aryl methyl sites for hydroxylation is 3. The number of hydrogen-bond donors (Lipinski definition) is 0. The molecule has 118 valence electrons. The quantitative estimate of drug-likeness (QED) is 0.873. The second-order valence-corrected chi connectivity index (χ2v) is 5.82. The Morgan fingerprint density at radius 1 is 1.41 bits per heavy atom. The van der Waals surface area contributed by atoms with Gasteiger partial charge in [-0.25, -0.2) is 4.98 Å². The van der Waals surface area contributed by atoms with Crippen molar-refractivity contribution in [3.05, 3.63) is 35.2 Å². The lowest BCUT2D eigenvalue weighted by Crippen LogP contribution is -2.36. The van der Waals surface area contributed by atoms with E-state index in [0.29, 0.717) is 6.42 Å². The van der Waals surface area contributed by atoms with E-state index < -0.39 is 0 Å². The van der Waals surface area contributed by atoms with Gasteiger partial charge >= 0.3 is 0 Å². The third-order valence-corrected chi connectivity index (χ3v) is 4.44. The molecule has 0 fully saturated rings. The van der Waals surface area contributed by atoms with Crippen LogP contribution in [0.5, 0.6) is 0 Å². The first kappa shape index (κ1) is 14.8. The number of carbonyl (C=O) groups is 1. The van der Waals surface area contributed by atoms with Crippen LogP contribution in [0.2, 0.25) is 0 Å². The predicted molar refractivity (Wildman–Crippen MR) is 81.3 cm³/mol. The fourth-order valence-corrected chi connectivity index (χ4v) is 3.22. The molecule has 3 rings (SSSR count). The van der Waals surface area contributed by atoms with Crippen LogP contribution in [0.4, 0.5) is 0 Å². The van der Waals surface area contributed by atoms with E-state index in [2.05, 4.69) is 21.6 Å². The van der Waals surface area contributed by atoms with E-state index in [-0.39, 0.29) is 11.9 Å². The highest BCUT2D eigenvalue weighted by Gasteiger charge is 2.30. The molecule has 1 atom stereocenters. The van der Waals surface area contributed by atoms with E-state index in [1.54, 1.807) is 0 Å². The van der Waals surface area contributed by atoms with Crippen LogP contribution in [0.15, 0.2) is 16.9 Å². The van der Waals surface area contributed by atoms with Crippen LogP contribution < -0.4 is 0 Å². The first-order valence-electron chi connectivity index (χ1n) is 7.84. The minimum Gasteiger partial charge on any atom is -0.361 e. The van der Waals surface area contributed by atoms with E-state index in [1.807, 2.05) is 31.1 Å². The minimum absolute atomic E-state index is 0.0467. The number of carbonyl (C=O) groups excluding carboxylic acids is 1. The van der Waals surface area contributed by atoms with Gasteiger partial charge in [-0.3, -0.25) is 4.79 Å². The van der Waals surface area contributed by atoms with Crippen molar-refractivity contribution >= 4 is 5.91 Å². The molecular formula is C16H22N4O2. The summed E-state index contributed by atoms with van der Waals surface area (Å²) >= 11 is 0. The van der Waals surface area contributed by atoms with Crippen LogP contribution in [0, 0.1) is 13.8 Å². The van der Waals surface area contributed by atoms with Crippen molar-refractivity contribution in [2.45, 2.75) is 52.6 Å². The van der Waals surface area contributed by atoms with Crippen molar-refractivity contribution in [1.82, 2.24) is 19.6 Å². The van der Waals surface area contributed by atoms with Crippen molar-refractivity contribution in [2.24, 2.45) is 0 Å². The number of imidazole rings is 1. The molecule has 0 spiro atoms. The Morgan fingerprint density at radius 2 is 2.23 bits per heavy atom. The number of amides is 1. The normalized spacial score (nSPS) is 18.1. The lowest BCUT2D eigenvalue weighted by Gasteiger charge is -2.28. The van der Waals surface area contributed by atoms with Gasteiger partial charge in [0.2, 0.25) is 5.91 Å². The number of hydrogen-bond acceptors (Lipinski definition) is 4. The molecule has 0 bridgehead atoms. The van der Waals surface area contributed by atoms with E-state index in [1.165, 1.54) is 0 Å². The molecule has 6 heteroatoms. The summed E-state index contributed by atoms with van der Waals surface area (Å²) in [6.45, 7) is 7.52. The summed E-state index contributed by atoms with van der Waals surface area (Å²) in [6, 6.07) is 0.0467. The highest BCUT2D eigenvalue weighted by Crippen LogP contribution is 2.27. The Bertz CT molecular complexity index is 654. The standard InChI is InChI=1S/C16H22N4O2/c1-4-14-16-17-6-9-19(16)7-5-8-20(14)15(21)10-13-11(2)18-22-12(13)3/h6,9,14H,4-5,7-8,10H2,1-3H3. The lowest BCUT2D eigenvalue weighted by molar-refractivity contribution is -0.133. The summed E-state index contributed by atoms with van der Waals surface area (Å²) in [6.07, 6.45) is 5.98. The number of fused-ring (bicyclic) bond motifs is 1. The molecule has 1 aliphatic heterocycles. The van der Waals surface area contributed by atoms with Gasteiger partial charge in [0.15, 0.2) is 0 Å². The molecule has 0 aliphatic carbocycles. The molecule has 6 nitrogen and oxygen atoms in total. The average Bonchev–Trinajstić information content (AvgIpc) is 3.03. The van der Waals surface area contributed by atoms with E-state index >= 15 is 0 Å². The smallest absolute Gasteiger partial charge is 0.227 e. The molecule has 2 aromatic heterocycles. The van der Waals surface area contributed by atoms with Crippen LogP contribution in [0.3, 0.4) is 0 Å². The summed E-state index contributed by atoms with van der Waals surface area (Å²) < 4.78 is 7.33. The molecule has 3 heterocycles. The Kier molecular flexibility index (Phi) is 4.00. The second kappa shape index (κ2) is 5.94. The minimum atomic E-state index is 0.0467. The van der Waals surface area contributed by atoms with E-state index in [9.17, 15) is 4.79 Å². The number of nitrogens with zero attached hydrogens (tertiary/aromatic N) is 4. The summed E-state index contributed by atoms with van der Waals surface area (Å²) in [5, 5.41) is 3.94. The predicted octanol–water partition coefficient (Wildman–Crippen LogP) is 2.41. The molecule has 1 aliphatic rings. The van der Waals surface area contributed by atoms with Crippen LogP contribution >= 0.6 is 0 Å². The Balaban J connectivity index is 1.85. The van der Waals surface area contributed by atoms with Gasteiger partial charge in [-0.05, 0) is 26.7 Å². The molecular weight excluding hydrogens is 280 g/mol. The fourth-order valence-electron chi connectivity index (χ4n) is 3.22. The van der Waals surface area contributed by atoms with Gasteiger partial charge in [-0.1, -0.05) is 12.1 Å². The van der Waals surface area contributed by atoms with Crippen molar-refractivity contribution in [3.63, 3.8) is 0 Å². The zero-order valence-electron chi connectivity index (χ0n) is 13.4. The van der Waals surface area contributed by atoms with Gasteiger partial charge in [0.1, 0.15) is 11.6 Å². The third-order valence-electron chi connectivity index (χ3n) is 4.44.